The molecule has 0 aromatic heterocycles. The Morgan fingerprint density at radius 3 is 2.27 bits per heavy atom. The molecule has 1 aromatic carbocycles. The Kier molecular flexibility index (Phi) is 5.91. The van der Waals surface area contributed by atoms with E-state index in [4.69, 9.17) is 4.74 Å². The number of carbonyl (C=O) groups is 1. The predicted octanol–water partition coefficient (Wildman–Crippen LogP) is 1.03. The fourth-order valence-electron chi connectivity index (χ4n) is 3.82. The van der Waals surface area contributed by atoms with Crippen molar-refractivity contribution in [1.82, 2.24) is 4.90 Å². The second kappa shape index (κ2) is 7.99. The first kappa shape index (κ1) is 19.2. The van der Waals surface area contributed by atoms with E-state index in [9.17, 15) is 23.1 Å². The Labute approximate surface area is 154 Å². The highest BCUT2D eigenvalue weighted by Crippen LogP contribution is 2.39. The van der Waals surface area contributed by atoms with Crippen molar-refractivity contribution in [2.45, 2.75) is 18.2 Å². The first-order valence-electron chi connectivity index (χ1n) is 8.58. The van der Waals surface area contributed by atoms with Gasteiger partial charge in [-0.2, -0.15) is 0 Å². The topological polar surface area (TPSA) is 93.1 Å². The van der Waals surface area contributed by atoms with Crippen LogP contribution in [0, 0.1) is 11.2 Å². The molecule has 2 aliphatic rings. The number of halogens is 1. The molecule has 0 radical (unpaired) electrons. The zero-order valence-corrected chi connectivity index (χ0v) is 15.1. The molecule has 2 heterocycles. The first-order valence-corrected chi connectivity index (χ1v) is 9.72. The van der Waals surface area contributed by atoms with Gasteiger partial charge in [0.1, 0.15) is 5.82 Å². The summed E-state index contributed by atoms with van der Waals surface area (Å²) < 4.78 is 42.3. The minimum atomic E-state index is -2.55. The predicted molar refractivity (Wildman–Crippen MR) is 93.0 cm³/mol. The Morgan fingerprint density at radius 1 is 1.19 bits per heavy atom. The molecular formula is C17H22FN2O5S-. The van der Waals surface area contributed by atoms with Gasteiger partial charge < -0.3 is 19.3 Å². The molecule has 2 saturated heterocycles. The van der Waals surface area contributed by atoms with Crippen molar-refractivity contribution in [3.05, 3.63) is 30.1 Å². The van der Waals surface area contributed by atoms with E-state index in [2.05, 4.69) is 0 Å². The van der Waals surface area contributed by atoms with E-state index in [1.54, 1.807) is 17.0 Å². The van der Waals surface area contributed by atoms with Crippen molar-refractivity contribution < 1.29 is 27.8 Å². The molecule has 0 spiro atoms. The summed E-state index contributed by atoms with van der Waals surface area (Å²) in [5, 5.41) is 8.71. The molecule has 2 unspecified atom stereocenters. The average molecular weight is 385 g/mol. The highest BCUT2D eigenvalue weighted by atomic mass is 32.2. The number of ether oxygens (including phenoxy) is 1. The smallest absolute Gasteiger partial charge is 0.312 e. The van der Waals surface area contributed by atoms with E-state index < -0.39 is 27.8 Å². The summed E-state index contributed by atoms with van der Waals surface area (Å²) in [6, 6.07) is 6.15. The van der Waals surface area contributed by atoms with Crippen molar-refractivity contribution in [2.24, 2.45) is 5.41 Å². The van der Waals surface area contributed by atoms with Crippen LogP contribution in [0.25, 0.3) is 0 Å². The minimum absolute atomic E-state index is 0.180. The van der Waals surface area contributed by atoms with Crippen LogP contribution in [0.2, 0.25) is 0 Å². The van der Waals surface area contributed by atoms with Gasteiger partial charge in [0.2, 0.25) is 0 Å². The van der Waals surface area contributed by atoms with E-state index in [-0.39, 0.29) is 31.9 Å². The van der Waals surface area contributed by atoms with Gasteiger partial charge in [0.05, 0.1) is 10.8 Å². The lowest BCUT2D eigenvalue weighted by molar-refractivity contribution is -0.158. The number of hydrogen-bond acceptors (Lipinski definition) is 6. The molecule has 7 nitrogen and oxygen atoms in total. The van der Waals surface area contributed by atoms with Crippen molar-refractivity contribution in [2.75, 3.05) is 44.3 Å². The molecule has 0 amide bonds. The SMILES string of the molecule is O=C(O)C1(C(N2CCN(c3ccc(F)cc3)CC2)S(=O)[O-])CCOCC1. The van der Waals surface area contributed by atoms with Crippen LogP contribution in [0.3, 0.4) is 0 Å². The monoisotopic (exact) mass is 385 g/mol. The van der Waals surface area contributed by atoms with Gasteiger partial charge in [-0.25, -0.2) is 4.39 Å². The van der Waals surface area contributed by atoms with Crippen LogP contribution >= 0.6 is 0 Å². The molecule has 2 atom stereocenters. The lowest BCUT2D eigenvalue weighted by atomic mass is 9.79. The number of aliphatic carboxylic acids is 1. The van der Waals surface area contributed by atoms with Crippen LogP contribution in [-0.4, -0.2) is 69.5 Å². The van der Waals surface area contributed by atoms with Gasteiger partial charge in [0.25, 0.3) is 0 Å². The molecule has 3 rings (SSSR count). The third-order valence-corrected chi connectivity index (χ3v) is 6.42. The van der Waals surface area contributed by atoms with Crippen LogP contribution in [0.5, 0.6) is 0 Å². The molecule has 2 aliphatic heterocycles. The summed E-state index contributed by atoms with van der Waals surface area (Å²) in [4.78, 5) is 15.8. The molecule has 144 valence electrons. The highest BCUT2D eigenvalue weighted by molar-refractivity contribution is 7.79. The van der Waals surface area contributed by atoms with Crippen molar-refractivity contribution in [3.63, 3.8) is 0 Å². The molecule has 9 heteroatoms. The van der Waals surface area contributed by atoms with E-state index >= 15 is 0 Å². The van der Waals surface area contributed by atoms with E-state index in [1.165, 1.54) is 12.1 Å². The normalized spacial score (nSPS) is 23.4. The maximum Gasteiger partial charge on any atom is 0.312 e. The third kappa shape index (κ3) is 3.75. The number of carboxylic acid groups (broad SMARTS) is 1. The van der Waals surface area contributed by atoms with Gasteiger partial charge in [-0.3, -0.25) is 13.9 Å². The van der Waals surface area contributed by atoms with E-state index in [0.29, 0.717) is 26.2 Å². The Hall–Kier alpha value is -1.55. The van der Waals surface area contributed by atoms with Gasteiger partial charge in [-0.05, 0) is 48.2 Å². The van der Waals surface area contributed by atoms with Gasteiger partial charge in [0, 0.05) is 45.1 Å². The van der Waals surface area contributed by atoms with E-state index in [0.717, 1.165) is 5.69 Å². The number of hydrogen-bond donors (Lipinski definition) is 1. The standard InChI is InChI=1S/C17H23FN2O5S/c18-13-1-3-14(4-2-13)19-7-9-20(10-8-19)15(26(23)24)17(16(21)22)5-11-25-12-6-17/h1-4,15H,5-12H2,(H,21,22)(H,23,24)/p-1. The van der Waals surface area contributed by atoms with Crippen LogP contribution in [0.1, 0.15) is 12.8 Å². The molecular weight excluding hydrogens is 363 g/mol. The van der Waals surface area contributed by atoms with E-state index in [1.807, 2.05) is 4.90 Å². The number of rotatable bonds is 5. The molecule has 26 heavy (non-hydrogen) atoms. The quantitative estimate of drug-likeness (QED) is 0.757. The van der Waals surface area contributed by atoms with Gasteiger partial charge >= 0.3 is 5.97 Å². The molecule has 0 aliphatic carbocycles. The fourth-order valence-corrected chi connectivity index (χ4v) is 4.98. The molecule has 1 N–H and O–H groups in total. The lowest BCUT2D eigenvalue weighted by Crippen LogP contribution is -2.60. The number of carboxylic acids is 1. The van der Waals surface area contributed by atoms with Crippen LogP contribution in [-0.2, 0) is 20.6 Å². The highest BCUT2D eigenvalue weighted by Gasteiger charge is 2.50. The number of nitrogens with zero attached hydrogens (tertiary/aromatic N) is 2. The van der Waals surface area contributed by atoms with Crippen LogP contribution < -0.4 is 4.90 Å². The number of benzene rings is 1. The van der Waals surface area contributed by atoms with Crippen LogP contribution in [0.4, 0.5) is 10.1 Å². The van der Waals surface area contributed by atoms with Crippen molar-refractivity contribution in [1.29, 1.82) is 0 Å². The number of piperazine rings is 1. The van der Waals surface area contributed by atoms with Gasteiger partial charge in [0.15, 0.2) is 0 Å². The summed E-state index contributed by atoms with van der Waals surface area (Å²) in [6.45, 7) is 2.43. The first-order chi connectivity index (χ1) is 12.4. The Morgan fingerprint density at radius 2 is 1.77 bits per heavy atom. The summed E-state index contributed by atoms with van der Waals surface area (Å²) in [5.74, 6) is -1.40. The lowest BCUT2D eigenvalue weighted by Gasteiger charge is -2.48. The van der Waals surface area contributed by atoms with Gasteiger partial charge in [-0.1, -0.05) is 0 Å². The van der Waals surface area contributed by atoms with Gasteiger partial charge in [-0.15, -0.1) is 0 Å². The Bertz CT molecular complexity index is 658. The molecule has 0 bridgehead atoms. The molecule has 1 aromatic rings. The zero-order valence-electron chi connectivity index (χ0n) is 14.3. The summed E-state index contributed by atoms with van der Waals surface area (Å²) in [7, 11) is 0. The second-order valence-electron chi connectivity index (χ2n) is 6.69. The second-order valence-corrected chi connectivity index (χ2v) is 7.65. The maximum absolute atomic E-state index is 13.1. The third-order valence-electron chi connectivity index (χ3n) is 5.30. The average Bonchev–Trinajstić information content (AvgIpc) is 2.63. The summed E-state index contributed by atoms with van der Waals surface area (Å²) in [6.07, 6.45) is 0.359. The summed E-state index contributed by atoms with van der Waals surface area (Å²) in [5.41, 5.74) is -0.479. The maximum atomic E-state index is 13.1. The van der Waals surface area contributed by atoms with Crippen molar-refractivity contribution >= 4 is 22.7 Å². The van der Waals surface area contributed by atoms with Crippen molar-refractivity contribution in [3.8, 4) is 0 Å². The fraction of sp³-hybridized carbons (Fsp3) is 0.588. The Balaban J connectivity index is 1.75. The molecule has 2 fully saturated rings. The number of anilines is 1. The minimum Gasteiger partial charge on any atom is -0.771 e. The largest absolute Gasteiger partial charge is 0.771 e. The zero-order chi connectivity index (χ0) is 18.7. The summed E-state index contributed by atoms with van der Waals surface area (Å²) >= 11 is -2.55. The van der Waals surface area contributed by atoms with Crippen LogP contribution in [0.15, 0.2) is 24.3 Å². The molecule has 0 saturated carbocycles.